The van der Waals surface area contributed by atoms with E-state index in [4.69, 9.17) is 0 Å². The van der Waals surface area contributed by atoms with Crippen LogP contribution in [0.15, 0.2) is 59.7 Å². The second-order valence-electron chi connectivity index (χ2n) is 6.65. The molecular weight excluding hydrogens is 372 g/mol. The van der Waals surface area contributed by atoms with E-state index in [-0.39, 0.29) is 5.69 Å². The van der Waals surface area contributed by atoms with Crippen molar-refractivity contribution in [1.82, 2.24) is 9.58 Å². The van der Waals surface area contributed by atoms with Gasteiger partial charge in [0.2, 0.25) is 0 Å². The van der Waals surface area contributed by atoms with Gasteiger partial charge in [0.05, 0.1) is 28.0 Å². The largest absolute Gasteiger partial charge is 0.318 e. The van der Waals surface area contributed by atoms with Crippen LogP contribution in [0.2, 0.25) is 0 Å². The Morgan fingerprint density at radius 1 is 0.966 bits per heavy atom. The lowest BCUT2D eigenvalue weighted by Crippen LogP contribution is -2.24. The number of carbonyl (C=O) groups excluding carboxylic acids is 2. The molecule has 2 heterocycles. The molecule has 0 fully saturated rings. The minimum Gasteiger partial charge on any atom is -0.318 e. The summed E-state index contributed by atoms with van der Waals surface area (Å²) in [5.41, 5.74) is 3.62. The monoisotopic (exact) mass is 388 g/mol. The van der Waals surface area contributed by atoms with Crippen molar-refractivity contribution >= 4 is 23.7 Å². The van der Waals surface area contributed by atoms with Crippen molar-refractivity contribution in [3.05, 3.63) is 92.8 Å². The molecule has 8 nitrogen and oxygen atoms in total. The van der Waals surface area contributed by atoms with Crippen LogP contribution in [-0.2, 0) is 0 Å². The molecule has 1 aromatic heterocycles. The predicted molar refractivity (Wildman–Crippen MR) is 106 cm³/mol. The molecule has 0 spiro atoms. The first-order chi connectivity index (χ1) is 13.9. The molecule has 0 saturated carbocycles. The number of non-ortho nitro benzene ring substituents is 1. The van der Waals surface area contributed by atoms with Gasteiger partial charge in [-0.1, -0.05) is 18.2 Å². The number of nitro groups is 1. The Bertz CT molecular complexity index is 1170. The van der Waals surface area contributed by atoms with Crippen molar-refractivity contribution in [2.75, 3.05) is 0 Å². The Kier molecular flexibility index (Phi) is 4.31. The van der Waals surface area contributed by atoms with Gasteiger partial charge in [0, 0.05) is 29.1 Å². The van der Waals surface area contributed by atoms with Crippen LogP contribution in [0.5, 0.6) is 0 Å². The summed E-state index contributed by atoms with van der Waals surface area (Å²) in [6.45, 7) is 3.71. The summed E-state index contributed by atoms with van der Waals surface area (Å²) < 4.78 is 1.86. The Morgan fingerprint density at radius 2 is 1.62 bits per heavy atom. The molecule has 1 aliphatic heterocycles. The summed E-state index contributed by atoms with van der Waals surface area (Å²) in [6.07, 6.45) is 1.46. The van der Waals surface area contributed by atoms with Gasteiger partial charge in [-0.15, -0.1) is 0 Å². The SMILES string of the molecule is Cc1cc(/C=N\N2C(=O)c3ccccc3C2=O)c(C)n1-c1cccc([N+](=O)[O-])c1. The van der Waals surface area contributed by atoms with Crippen molar-refractivity contribution in [3.8, 4) is 5.69 Å². The molecule has 0 radical (unpaired) electrons. The third kappa shape index (κ3) is 3.00. The van der Waals surface area contributed by atoms with Crippen molar-refractivity contribution in [1.29, 1.82) is 0 Å². The fourth-order valence-corrected chi connectivity index (χ4v) is 3.46. The molecule has 0 saturated heterocycles. The van der Waals surface area contributed by atoms with E-state index in [0.717, 1.165) is 16.4 Å². The zero-order valence-electron chi connectivity index (χ0n) is 15.7. The maximum absolute atomic E-state index is 12.4. The Hall–Kier alpha value is -4.07. The number of imide groups is 1. The number of aryl methyl sites for hydroxylation is 1. The third-order valence-corrected chi connectivity index (χ3v) is 4.85. The predicted octanol–water partition coefficient (Wildman–Crippen LogP) is 3.63. The second-order valence-corrected chi connectivity index (χ2v) is 6.65. The van der Waals surface area contributed by atoms with E-state index < -0.39 is 16.7 Å². The standard InChI is InChI=1S/C21H16N4O4/c1-13-10-15(14(2)23(13)16-6-5-7-17(11-16)25(28)29)12-22-24-20(26)18-8-3-4-9-19(18)21(24)27/h3-12H,1-2H3/b22-12-. The first-order valence-corrected chi connectivity index (χ1v) is 8.84. The van der Waals surface area contributed by atoms with Gasteiger partial charge in [-0.25, -0.2) is 0 Å². The van der Waals surface area contributed by atoms with E-state index >= 15 is 0 Å². The second kappa shape index (κ2) is 6.83. The van der Waals surface area contributed by atoms with Crippen LogP contribution in [-0.4, -0.2) is 32.5 Å². The Morgan fingerprint density at radius 3 is 2.24 bits per heavy atom. The summed E-state index contributed by atoms with van der Waals surface area (Å²) in [5, 5.41) is 16.0. The lowest BCUT2D eigenvalue weighted by Gasteiger charge is -2.09. The van der Waals surface area contributed by atoms with Crippen LogP contribution >= 0.6 is 0 Å². The van der Waals surface area contributed by atoms with Gasteiger partial charge in [-0.3, -0.25) is 19.7 Å². The van der Waals surface area contributed by atoms with Crippen molar-refractivity contribution < 1.29 is 14.5 Å². The highest BCUT2D eigenvalue weighted by atomic mass is 16.6. The molecule has 1 aliphatic rings. The highest BCUT2D eigenvalue weighted by molar-refractivity contribution is 6.21. The van der Waals surface area contributed by atoms with E-state index in [1.165, 1.54) is 18.3 Å². The number of amides is 2. The number of hydrazone groups is 1. The molecule has 4 rings (SSSR count). The molecule has 0 atom stereocenters. The van der Waals surface area contributed by atoms with E-state index in [2.05, 4.69) is 5.10 Å². The molecule has 2 amide bonds. The first kappa shape index (κ1) is 18.3. The molecule has 29 heavy (non-hydrogen) atoms. The first-order valence-electron chi connectivity index (χ1n) is 8.84. The van der Waals surface area contributed by atoms with Crippen LogP contribution in [0.1, 0.15) is 37.7 Å². The van der Waals surface area contributed by atoms with Gasteiger partial charge in [0.25, 0.3) is 17.5 Å². The number of carbonyl (C=O) groups is 2. The minimum absolute atomic E-state index is 0.00348. The summed E-state index contributed by atoms with van der Waals surface area (Å²) in [5.74, 6) is -0.927. The Labute approximate surface area is 165 Å². The van der Waals surface area contributed by atoms with Crippen molar-refractivity contribution in [2.24, 2.45) is 5.10 Å². The van der Waals surface area contributed by atoms with Crippen molar-refractivity contribution in [3.63, 3.8) is 0 Å². The number of hydrogen-bond acceptors (Lipinski definition) is 5. The van der Waals surface area contributed by atoms with Gasteiger partial charge in [-0.05, 0) is 38.1 Å². The van der Waals surface area contributed by atoms with E-state index in [1.54, 1.807) is 36.4 Å². The van der Waals surface area contributed by atoms with Gasteiger partial charge in [0.1, 0.15) is 0 Å². The van der Waals surface area contributed by atoms with Crippen LogP contribution in [0.3, 0.4) is 0 Å². The normalized spacial score (nSPS) is 13.4. The average molecular weight is 388 g/mol. The summed E-state index contributed by atoms with van der Waals surface area (Å²) in [7, 11) is 0. The van der Waals surface area contributed by atoms with E-state index in [0.29, 0.717) is 22.4 Å². The zero-order valence-corrected chi connectivity index (χ0v) is 15.7. The Balaban J connectivity index is 1.68. The van der Waals surface area contributed by atoms with Gasteiger partial charge in [-0.2, -0.15) is 10.1 Å². The lowest BCUT2D eigenvalue weighted by atomic mass is 10.1. The van der Waals surface area contributed by atoms with Crippen LogP contribution in [0.4, 0.5) is 5.69 Å². The molecule has 2 aromatic carbocycles. The average Bonchev–Trinajstić information content (AvgIpc) is 3.13. The summed E-state index contributed by atoms with van der Waals surface area (Å²) in [6, 6.07) is 14.8. The van der Waals surface area contributed by atoms with Crippen LogP contribution < -0.4 is 0 Å². The van der Waals surface area contributed by atoms with Gasteiger partial charge in [0.15, 0.2) is 0 Å². The molecule has 0 bridgehead atoms. The van der Waals surface area contributed by atoms with E-state index in [9.17, 15) is 19.7 Å². The quantitative estimate of drug-likeness (QED) is 0.295. The minimum atomic E-state index is -0.464. The van der Waals surface area contributed by atoms with Gasteiger partial charge >= 0.3 is 0 Å². The number of aromatic nitrogens is 1. The number of benzene rings is 2. The molecular formula is C21H16N4O4. The highest BCUT2D eigenvalue weighted by Crippen LogP contribution is 2.25. The van der Waals surface area contributed by atoms with E-state index in [1.807, 2.05) is 24.5 Å². The van der Waals surface area contributed by atoms with Crippen LogP contribution in [0, 0.1) is 24.0 Å². The number of hydrogen-bond donors (Lipinski definition) is 0. The smallest absolute Gasteiger partial charge is 0.282 e. The molecule has 3 aromatic rings. The summed E-state index contributed by atoms with van der Waals surface area (Å²) >= 11 is 0. The number of rotatable bonds is 4. The topological polar surface area (TPSA) is 97.8 Å². The van der Waals surface area contributed by atoms with Crippen molar-refractivity contribution in [2.45, 2.75) is 13.8 Å². The number of nitrogens with zero attached hydrogens (tertiary/aromatic N) is 4. The zero-order chi connectivity index (χ0) is 20.7. The third-order valence-electron chi connectivity index (χ3n) is 4.85. The number of fused-ring (bicyclic) bond motifs is 1. The maximum Gasteiger partial charge on any atom is 0.282 e. The fourth-order valence-electron chi connectivity index (χ4n) is 3.46. The summed E-state index contributed by atoms with van der Waals surface area (Å²) in [4.78, 5) is 35.5. The van der Waals surface area contributed by atoms with Crippen LogP contribution in [0.25, 0.3) is 5.69 Å². The molecule has 144 valence electrons. The fraction of sp³-hybridized carbons (Fsp3) is 0.0952. The van der Waals surface area contributed by atoms with Gasteiger partial charge < -0.3 is 4.57 Å². The molecule has 0 N–H and O–H groups in total. The molecule has 8 heteroatoms. The lowest BCUT2D eigenvalue weighted by molar-refractivity contribution is -0.384. The number of nitro benzene ring substituents is 1. The highest BCUT2D eigenvalue weighted by Gasteiger charge is 2.35. The maximum atomic E-state index is 12.4. The molecule has 0 unspecified atom stereocenters. The molecule has 0 aliphatic carbocycles.